The van der Waals surface area contributed by atoms with Crippen molar-refractivity contribution in [3.05, 3.63) is 66.6 Å². The first-order chi connectivity index (χ1) is 13.6. The summed E-state index contributed by atoms with van der Waals surface area (Å²) in [5, 5.41) is 5.93. The highest BCUT2D eigenvalue weighted by Crippen LogP contribution is 2.27. The van der Waals surface area contributed by atoms with Crippen LogP contribution in [0.4, 0.5) is 17.2 Å². The number of nitrogens with one attached hydrogen (secondary N) is 2. The van der Waals surface area contributed by atoms with Crippen LogP contribution >= 0.6 is 0 Å². The molecular weight excluding hydrogens is 356 g/mol. The Bertz CT molecular complexity index is 942. The summed E-state index contributed by atoms with van der Waals surface area (Å²) in [6, 6.07) is 14.7. The quantitative estimate of drug-likeness (QED) is 0.639. The van der Waals surface area contributed by atoms with Gasteiger partial charge >= 0.3 is 0 Å². The van der Waals surface area contributed by atoms with Crippen molar-refractivity contribution in [2.75, 3.05) is 17.7 Å². The van der Waals surface area contributed by atoms with Crippen molar-refractivity contribution in [3.63, 3.8) is 0 Å². The Morgan fingerprint density at radius 1 is 0.929 bits per heavy atom. The number of nitrogens with zero attached hydrogens (tertiary/aromatic N) is 2. The molecule has 7 heteroatoms. The average molecular weight is 378 g/mol. The third-order valence-corrected chi connectivity index (χ3v) is 3.75. The summed E-state index contributed by atoms with van der Waals surface area (Å²) in [6.07, 6.45) is 2.91. The molecule has 144 valence electrons. The largest absolute Gasteiger partial charge is 0.495 e. The van der Waals surface area contributed by atoms with Crippen molar-refractivity contribution >= 4 is 23.1 Å². The summed E-state index contributed by atoms with van der Waals surface area (Å²) in [5.41, 5.74) is 1.54. The zero-order valence-corrected chi connectivity index (χ0v) is 16.0. The summed E-state index contributed by atoms with van der Waals surface area (Å²) in [7, 11) is 1.60. The van der Waals surface area contributed by atoms with Gasteiger partial charge in [-0.05, 0) is 38.1 Å². The Morgan fingerprint density at radius 3 is 2.25 bits per heavy atom. The maximum Gasteiger partial charge on any atom is 0.275 e. The number of benzene rings is 2. The smallest absolute Gasteiger partial charge is 0.275 e. The number of rotatable bonds is 7. The molecule has 0 saturated carbocycles. The van der Waals surface area contributed by atoms with E-state index in [0.29, 0.717) is 23.0 Å². The van der Waals surface area contributed by atoms with E-state index < -0.39 is 0 Å². The lowest BCUT2D eigenvalue weighted by Gasteiger charge is -2.14. The summed E-state index contributed by atoms with van der Waals surface area (Å²) < 4.78 is 11.0. The normalized spacial score (nSPS) is 10.4. The second-order valence-electron chi connectivity index (χ2n) is 6.23. The van der Waals surface area contributed by atoms with Gasteiger partial charge in [-0.1, -0.05) is 24.3 Å². The van der Waals surface area contributed by atoms with E-state index in [1.54, 1.807) is 13.2 Å². The molecule has 3 rings (SSSR count). The summed E-state index contributed by atoms with van der Waals surface area (Å²) >= 11 is 0. The van der Waals surface area contributed by atoms with Crippen LogP contribution in [0, 0.1) is 0 Å². The first-order valence-electron chi connectivity index (χ1n) is 8.86. The number of methoxy groups -OCH3 is 1. The minimum absolute atomic E-state index is 0.00169. The molecule has 1 aromatic heterocycles. The highest BCUT2D eigenvalue weighted by molar-refractivity contribution is 6.03. The van der Waals surface area contributed by atoms with Crippen molar-refractivity contribution in [1.82, 2.24) is 9.97 Å². The van der Waals surface area contributed by atoms with Crippen LogP contribution in [0.1, 0.15) is 24.3 Å². The molecule has 0 unspecified atom stereocenters. The number of hydrogen-bond acceptors (Lipinski definition) is 6. The van der Waals surface area contributed by atoms with Gasteiger partial charge in [-0.2, -0.15) is 0 Å². The summed E-state index contributed by atoms with van der Waals surface area (Å²) in [6.45, 7) is 3.86. The number of anilines is 3. The molecule has 0 atom stereocenters. The fourth-order valence-electron chi connectivity index (χ4n) is 2.51. The van der Waals surface area contributed by atoms with Crippen LogP contribution < -0.4 is 20.1 Å². The molecule has 3 aromatic rings. The SMILES string of the molecule is COc1ccccc1Nc1cnc(C(=O)Nc2ccccc2OC(C)C)cn1. The number of ether oxygens (including phenoxy) is 2. The second-order valence-corrected chi connectivity index (χ2v) is 6.23. The van der Waals surface area contributed by atoms with Crippen molar-refractivity contribution in [1.29, 1.82) is 0 Å². The van der Waals surface area contributed by atoms with E-state index in [9.17, 15) is 4.79 Å². The van der Waals surface area contributed by atoms with Gasteiger partial charge in [0.15, 0.2) is 0 Å². The molecule has 2 aromatic carbocycles. The molecule has 0 bridgehead atoms. The second kappa shape index (κ2) is 8.85. The maximum atomic E-state index is 12.5. The van der Waals surface area contributed by atoms with Gasteiger partial charge in [-0.15, -0.1) is 0 Å². The van der Waals surface area contributed by atoms with Gasteiger partial charge in [0.1, 0.15) is 23.0 Å². The minimum atomic E-state index is -0.365. The van der Waals surface area contributed by atoms with E-state index in [-0.39, 0.29) is 17.7 Å². The van der Waals surface area contributed by atoms with Crippen molar-refractivity contribution in [2.45, 2.75) is 20.0 Å². The van der Waals surface area contributed by atoms with E-state index in [1.807, 2.05) is 56.3 Å². The molecule has 0 saturated heterocycles. The lowest BCUT2D eigenvalue weighted by Crippen LogP contribution is -2.16. The number of aromatic nitrogens is 2. The van der Waals surface area contributed by atoms with Crippen LogP contribution in [-0.4, -0.2) is 29.1 Å². The highest BCUT2D eigenvalue weighted by atomic mass is 16.5. The summed E-state index contributed by atoms with van der Waals surface area (Å²) in [4.78, 5) is 21.0. The maximum absolute atomic E-state index is 12.5. The number of hydrogen-bond donors (Lipinski definition) is 2. The zero-order valence-electron chi connectivity index (χ0n) is 16.0. The van der Waals surface area contributed by atoms with Crippen molar-refractivity contribution in [3.8, 4) is 11.5 Å². The van der Waals surface area contributed by atoms with Gasteiger partial charge in [0.05, 0.1) is 37.0 Å². The van der Waals surface area contributed by atoms with Gasteiger partial charge in [-0.25, -0.2) is 9.97 Å². The third-order valence-electron chi connectivity index (χ3n) is 3.75. The first-order valence-corrected chi connectivity index (χ1v) is 8.86. The number of carbonyl (C=O) groups excluding carboxylic acids is 1. The Hall–Kier alpha value is -3.61. The van der Waals surface area contributed by atoms with Crippen molar-refractivity contribution < 1.29 is 14.3 Å². The van der Waals surface area contributed by atoms with Crippen molar-refractivity contribution in [2.24, 2.45) is 0 Å². The molecule has 0 aliphatic rings. The molecule has 1 amide bonds. The molecule has 28 heavy (non-hydrogen) atoms. The molecule has 0 aliphatic heterocycles. The Morgan fingerprint density at radius 2 is 1.61 bits per heavy atom. The molecule has 0 aliphatic carbocycles. The predicted molar refractivity (Wildman–Crippen MR) is 108 cm³/mol. The Balaban J connectivity index is 1.71. The van der Waals surface area contributed by atoms with Crippen LogP contribution in [0.3, 0.4) is 0 Å². The first kappa shape index (κ1) is 19.2. The third kappa shape index (κ3) is 4.76. The topological polar surface area (TPSA) is 85.4 Å². The van der Waals surface area contributed by atoms with Crippen LogP contribution in [-0.2, 0) is 0 Å². The van der Waals surface area contributed by atoms with E-state index in [2.05, 4.69) is 20.6 Å². The number of para-hydroxylation sites is 4. The van der Waals surface area contributed by atoms with E-state index in [1.165, 1.54) is 12.4 Å². The van der Waals surface area contributed by atoms with Gasteiger partial charge in [0.2, 0.25) is 0 Å². The minimum Gasteiger partial charge on any atom is -0.495 e. The Labute approximate surface area is 163 Å². The van der Waals surface area contributed by atoms with Gasteiger partial charge < -0.3 is 20.1 Å². The monoisotopic (exact) mass is 378 g/mol. The molecule has 1 heterocycles. The van der Waals surface area contributed by atoms with Gasteiger partial charge in [-0.3, -0.25) is 4.79 Å². The molecule has 0 radical (unpaired) electrons. The van der Waals surface area contributed by atoms with E-state index >= 15 is 0 Å². The average Bonchev–Trinajstić information content (AvgIpc) is 2.70. The fourth-order valence-corrected chi connectivity index (χ4v) is 2.51. The zero-order chi connectivity index (χ0) is 19.9. The van der Waals surface area contributed by atoms with Crippen LogP contribution in [0.2, 0.25) is 0 Å². The van der Waals surface area contributed by atoms with Gasteiger partial charge in [0, 0.05) is 0 Å². The molecule has 0 fully saturated rings. The van der Waals surface area contributed by atoms with Gasteiger partial charge in [0.25, 0.3) is 5.91 Å². The van der Waals surface area contributed by atoms with E-state index in [0.717, 1.165) is 5.69 Å². The molecular formula is C21H22N4O3. The molecule has 2 N–H and O–H groups in total. The number of amides is 1. The lowest BCUT2D eigenvalue weighted by molar-refractivity contribution is 0.102. The highest BCUT2D eigenvalue weighted by Gasteiger charge is 2.13. The predicted octanol–water partition coefficient (Wildman–Crippen LogP) is 4.27. The Kier molecular flexibility index (Phi) is 6.06. The van der Waals surface area contributed by atoms with Crippen LogP contribution in [0.25, 0.3) is 0 Å². The standard InChI is InChI=1S/C21H22N4O3/c1-14(2)28-19-11-7-5-9-16(19)25-21(26)17-12-23-20(13-22-17)24-15-8-4-6-10-18(15)27-3/h4-14H,1-3H3,(H,23,24)(H,25,26). The number of carbonyl (C=O) groups is 1. The fraction of sp³-hybridized carbons (Fsp3) is 0.190. The molecule has 0 spiro atoms. The lowest BCUT2D eigenvalue weighted by atomic mass is 10.2. The van der Waals surface area contributed by atoms with Crippen LogP contribution in [0.15, 0.2) is 60.9 Å². The molecule has 7 nitrogen and oxygen atoms in total. The van der Waals surface area contributed by atoms with Crippen LogP contribution in [0.5, 0.6) is 11.5 Å². The summed E-state index contributed by atoms with van der Waals surface area (Å²) in [5.74, 6) is 1.43. The van der Waals surface area contributed by atoms with E-state index in [4.69, 9.17) is 9.47 Å².